The van der Waals surface area contributed by atoms with Crippen LogP contribution in [0.5, 0.6) is 0 Å². The highest BCUT2D eigenvalue weighted by atomic mass is 35.5. The van der Waals surface area contributed by atoms with Gasteiger partial charge in [-0.05, 0) is 44.2 Å². The third-order valence-corrected chi connectivity index (χ3v) is 3.53. The minimum absolute atomic E-state index is 0.0522. The van der Waals surface area contributed by atoms with Crippen molar-refractivity contribution in [2.24, 2.45) is 0 Å². The summed E-state index contributed by atoms with van der Waals surface area (Å²) in [6, 6.07) is 10.7. The Morgan fingerprint density at radius 2 is 2.10 bits per heavy atom. The summed E-state index contributed by atoms with van der Waals surface area (Å²) < 4.78 is 0. The lowest BCUT2D eigenvalue weighted by Crippen LogP contribution is -2.36. The molecular weight excluding hydrogens is 286 g/mol. The Hall–Kier alpha value is -2.07. The minimum atomic E-state index is -0.0842. The second-order valence-corrected chi connectivity index (χ2v) is 5.49. The number of hydrogen-bond donors (Lipinski definition) is 1. The third kappa shape index (κ3) is 3.73. The first-order valence-corrected chi connectivity index (χ1v) is 7.12. The number of amides is 1. The molecule has 0 radical (unpaired) electrons. The van der Waals surface area contributed by atoms with Crippen molar-refractivity contribution in [3.63, 3.8) is 0 Å². The number of hydrogen-bond acceptors (Lipinski definition) is 3. The molecule has 110 valence electrons. The average Bonchev–Trinajstić information content (AvgIpc) is 2.47. The van der Waals surface area contributed by atoms with Crippen molar-refractivity contribution in [3.8, 4) is 0 Å². The smallest absolute Gasteiger partial charge is 0.254 e. The molecule has 1 heterocycles. The van der Waals surface area contributed by atoms with Crippen LogP contribution in [0.25, 0.3) is 0 Å². The van der Waals surface area contributed by atoms with E-state index in [0.29, 0.717) is 22.8 Å². The monoisotopic (exact) mass is 303 g/mol. The topological polar surface area (TPSA) is 59.2 Å². The van der Waals surface area contributed by atoms with Gasteiger partial charge in [0.05, 0.1) is 22.9 Å². The summed E-state index contributed by atoms with van der Waals surface area (Å²) in [4.78, 5) is 18.7. The predicted molar refractivity (Wildman–Crippen MR) is 85.1 cm³/mol. The molecule has 0 unspecified atom stereocenters. The van der Waals surface area contributed by atoms with Gasteiger partial charge in [0, 0.05) is 17.8 Å². The molecule has 0 aliphatic carbocycles. The molecule has 0 saturated carbocycles. The van der Waals surface area contributed by atoms with Crippen LogP contribution in [0.3, 0.4) is 0 Å². The molecular formula is C16H18ClN3O. The highest BCUT2D eigenvalue weighted by Gasteiger charge is 2.20. The van der Waals surface area contributed by atoms with E-state index in [1.54, 1.807) is 29.3 Å². The molecule has 0 saturated heterocycles. The van der Waals surface area contributed by atoms with E-state index < -0.39 is 0 Å². The van der Waals surface area contributed by atoms with Crippen molar-refractivity contribution in [3.05, 3.63) is 58.9 Å². The maximum absolute atomic E-state index is 12.7. The van der Waals surface area contributed by atoms with Gasteiger partial charge < -0.3 is 10.6 Å². The Morgan fingerprint density at radius 1 is 1.33 bits per heavy atom. The number of halogens is 1. The van der Waals surface area contributed by atoms with Gasteiger partial charge in [0.25, 0.3) is 5.91 Å². The van der Waals surface area contributed by atoms with Crippen molar-refractivity contribution in [2.45, 2.75) is 26.4 Å². The van der Waals surface area contributed by atoms with Crippen molar-refractivity contribution in [2.75, 3.05) is 5.73 Å². The van der Waals surface area contributed by atoms with Crippen LogP contribution in [0.1, 0.15) is 29.9 Å². The van der Waals surface area contributed by atoms with Crippen LogP contribution in [0.15, 0.2) is 42.6 Å². The fourth-order valence-corrected chi connectivity index (χ4v) is 2.12. The molecule has 0 spiro atoms. The number of nitrogens with two attached hydrogens (primary N) is 1. The number of benzene rings is 1. The summed E-state index contributed by atoms with van der Waals surface area (Å²) in [5.41, 5.74) is 7.56. The molecule has 21 heavy (non-hydrogen) atoms. The van der Waals surface area contributed by atoms with Crippen LogP contribution in [-0.2, 0) is 6.54 Å². The fraction of sp³-hybridized carbons (Fsp3) is 0.250. The van der Waals surface area contributed by atoms with Gasteiger partial charge in [-0.25, -0.2) is 0 Å². The van der Waals surface area contributed by atoms with Gasteiger partial charge in [0.15, 0.2) is 0 Å². The number of nitrogen functional groups attached to an aromatic ring is 1. The van der Waals surface area contributed by atoms with E-state index in [2.05, 4.69) is 4.98 Å². The second-order valence-electron chi connectivity index (χ2n) is 5.08. The number of carbonyl (C=O) groups is 1. The van der Waals surface area contributed by atoms with Gasteiger partial charge in [-0.2, -0.15) is 0 Å². The molecule has 0 bridgehead atoms. The van der Waals surface area contributed by atoms with Crippen LogP contribution < -0.4 is 5.73 Å². The summed E-state index contributed by atoms with van der Waals surface area (Å²) in [6.07, 6.45) is 1.72. The van der Waals surface area contributed by atoms with E-state index in [-0.39, 0.29) is 11.9 Å². The molecule has 0 aliphatic heterocycles. The van der Waals surface area contributed by atoms with Crippen molar-refractivity contribution in [1.82, 2.24) is 9.88 Å². The van der Waals surface area contributed by atoms with Crippen LogP contribution >= 0.6 is 11.6 Å². The first kappa shape index (κ1) is 15.3. The van der Waals surface area contributed by atoms with Crippen molar-refractivity contribution >= 4 is 23.2 Å². The van der Waals surface area contributed by atoms with E-state index in [1.165, 1.54) is 0 Å². The SMILES string of the molecule is CC(C)N(Cc1ccccn1)C(=O)c1ccc(Cl)c(N)c1. The minimum Gasteiger partial charge on any atom is -0.398 e. The third-order valence-electron chi connectivity index (χ3n) is 3.19. The summed E-state index contributed by atoms with van der Waals surface area (Å²) in [5.74, 6) is -0.0842. The van der Waals surface area contributed by atoms with E-state index in [1.807, 2.05) is 32.0 Å². The van der Waals surface area contributed by atoms with Gasteiger partial charge in [-0.15, -0.1) is 0 Å². The lowest BCUT2D eigenvalue weighted by atomic mass is 10.1. The zero-order valence-electron chi connectivity index (χ0n) is 12.1. The van der Waals surface area contributed by atoms with Crippen LogP contribution in [0.4, 0.5) is 5.69 Å². The number of carbonyl (C=O) groups excluding carboxylic acids is 1. The lowest BCUT2D eigenvalue weighted by molar-refractivity contribution is 0.0688. The molecule has 2 N–H and O–H groups in total. The fourth-order valence-electron chi connectivity index (χ4n) is 2.00. The van der Waals surface area contributed by atoms with E-state index in [9.17, 15) is 4.79 Å². The van der Waals surface area contributed by atoms with E-state index in [4.69, 9.17) is 17.3 Å². The second kappa shape index (κ2) is 6.59. The number of aromatic nitrogens is 1. The van der Waals surface area contributed by atoms with Crippen molar-refractivity contribution in [1.29, 1.82) is 0 Å². The zero-order valence-corrected chi connectivity index (χ0v) is 12.8. The lowest BCUT2D eigenvalue weighted by Gasteiger charge is -2.26. The van der Waals surface area contributed by atoms with E-state index in [0.717, 1.165) is 5.69 Å². The summed E-state index contributed by atoms with van der Waals surface area (Å²) in [7, 11) is 0. The summed E-state index contributed by atoms with van der Waals surface area (Å²) in [5, 5.41) is 0.451. The molecule has 0 aliphatic rings. The molecule has 2 rings (SSSR count). The number of nitrogens with zero attached hydrogens (tertiary/aromatic N) is 2. The van der Waals surface area contributed by atoms with Gasteiger partial charge in [0.2, 0.25) is 0 Å². The van der Waals surface area contributed by atoms with Crippen LogP contribution in [-0.4, -0.2) is 21.8 Å². The van der Waals surface area contributed by atoms with Gasteiger partial charge >= 0.3 is 0 Å². The summed E-state index contributed by atoms with van der Waals surface area (Å²) in [6.45, 7) is 4.40. The van der Waals surface area contributed by atoms with Gasteiger partial charge in [-0.3, -0.25) is 9.78 Å². The van der Waals surface area contributed by atoms with Gasteiger partial charge in [0.1, 0.15) is 0 Å². The van der Waals surface area contributed by atoms with Crippen molar-refractivity contribution < 1.29 is 4.79 Å². The summed E-state index contributed by atoms with van der Waals surface area (Å²) >= 11 is 5.90. The molecule has 0 atom stereocenters. The Bertz CT molecular complexity index is 629. The molecule has 1 aromatic heterocycles. The largest absolute Gasteiger partial charge is 0.398 e. The van der Waals surface area contributed by atoms with Gasteiger partial charge in [-0.1, -0.05) is 17.7 Å². The average molecular weight is 304 g/mol. The number of rotatable bonds is 4. The predicted octanol–water partition coefficient (Wildman–Crippen LogP) is 3.37. The first-order chi connectivity index (χ1) is 9.99. The molecule has 2 aromatic rings. The maximum atomic E-state index is 12.7. The molecule has 5 heteroatoms. The Morgan fingerprint density at radius 3 is 2.67 bits per heavy atom. The Kier molecular flexibility index (Phi) is 4.81. The standard InChI is InChI=1S/C16H18ClN3O/c1-11(2)20(10-13-5-3-4-8-19-13)16(21)12-6-7-14(17)15(18)9-12/h3-9,11H,10,18H2,1-2H3. The normalized spacial score (nSPS) is 10.7. The molecule has 4 nitrogen and oxygen atoms in total. The maximum Gasteiger partial charge on any atom is 0.254 e. The number of pyridine rings is 1. The zero-order chi connectivity index (χ0) is 15.4. The Labute approximate surface area is 129 Å². The first-order valence-electron chi connectivity index (χ1n) is 6.75. The van der Waals surface area contributed by atoms with Crippen LogP contribution in [0, 0.1) is 0 Å². The Balaban J connectivity index is 2.25. The molecule has 1 aromatic carbocycles. The van der Waals surface area contributed by atoms with E-state index >= 15 is 0 Å². The highest BCUT2D eigenvalue weighted by Crippen LogP contribution is 2.21. The quantitative estimate of drug-likeness (QED) is 0.881. The number of anilines is 1. The van der Waals surface area contributed by atoms with Crippen LogP contribution in [0.2, 0.25) is 5.02 Å². The molecule has 0 fully saturated rings. The highest BCUT2D eigenvalue weighted by molar-refractivity contribution is 6.33. The molecule has 1 amide bonds.